The fraction of sp³-hybridized carbons (Fsp3) is 0.765. The van der Waals surface area contributed by atoms with Crippen LogP contribution in [0.3, 0.4) is 0 Å². The molecule has 1 aromatic rings. The molecule has 0 radical (unpaired) electrons. The van der Waals surface area contributed by atoms with Crippen molar-refractivity contribution in [2.45, 2.75) is 58.8 Å². The fourth-order valence-electron chi connectivity index (χ4n) is 2.54. The van der Waals surface area contributed by atoms with E-state index in [0.717, 1.165) is 23.8 Å². The molecule has 0 aromatic carbocycles. The molecule has 1 aromatic heterocycles. The largest absolute Gasteiger partial charge is 0.370 e. The predicted molar refractivity (Wildman–Crippen MR) is 94.7 cm³/mol. The highest BCUT2D eigenvalue weighted by Crippen LogP contribution is 2.27. The lowest BCUT2D eigenvalue weighted by Gasteiger charge is -2.24. The van der Waals surface area contributed by atoms with Gasteiger partial charge in [-0.15, -0.1) is 0 Å². The lowest BCUT2D eigenvalue weighted by atomic mass is 9.90. The van der Waals surface area contributed by atoms with E-state index in [2.05, 4.69) is 51.8 Å². The summed E-state index contributed by atoms with van der Waals surface area (Å²) in [4.78, 5) is 9.38. The van der Waals surface area contributed by atoms with E-state index < -0.39 is 9.84 Å². The molecule has 1 unspecified atom stereocenters. The topological polar surface area (TPSA) is 72.0 Å². The zero-order valence-electron chi connectivity index (χ0n) is 15.1. The van der Waals surface area contributed by atoms with Crippen molar-refractivity contribution in [1.82, 2.24) is 9.97 Å². The van der Waals surface area contributed by atoms with Gasteiger partial charge in [-0.05, 0) is 12.3 Å². The van der Waals surface area contributed by atoms with Gasteiger partial charge in [-0.3, -0.25) is 0 Å². The van der Waals surface area contributed by atoms with E-state index in [1.807, 2.05) is 6.07 Å². The summed E-state index contributed by atoms with van der Waals surface area (Å²) in [6, 6.07) is 1.98. The molecule has 130 valence electrons. The molecule has 0 bridgehead atoms. The van der Waals surface area contributed by atoms with Crippen LogP contribution in [0.4, 0.5) is 5.82 Å². The van der Waals surface area contributed by atoms with Gasteiger partial charge in [-0.2, -0.15) is 0 Å². The Morgan fingerprint density at radius 2 is 1.78 bits per heavy atom. The van der Waals surface area contributed by atoms with Gasteiger partial charge in [0.15, 0.2) is 9.84 Å². The molecule has 1 atom stereocenters. The van der Waals surface area contributed by atoms with Crippen LogP contribution in [0.15, 0.2) is 6.07 Å². The first-order valence-electron chi connectivity index (χ1n) is 8.21. The fourth-order valence-corrected chi connectivity index (χ4v) is 4.40. The molecule has 5 nitrogen and oxygen atoms in total. The van der Waals surface area contributed by atoms with Crippen molar-refractivity contribution in [3.05, 3.63) is 17.6 Å². The third-order valence-corrected chi connectivity index (χ3v) is 5.90. The van der Waals surface area contributed by atoms with E-state index in [1.54, 1.807) is 0 Å². The number of sulfone groups is 1. The minimum atomic E-state index is -2.84. The van der Waals surface area contributed by atoms with Crippen molar-refractivity contribution in [3.63, 3.8) is 0 Å². The second-order valence-electron chi connectivity index (χ2n) is 8.61. The zero-order chi connectivity index (χ0) is 17.5. The molecule has 0 spiro atoms. The van der Waals surface area contributed by atoms with Gasteiger partial charge in [-0.25, -0.2) is 18.4 Å². The molecule has 0 aliphatic carbocycles. The standard InChI is InChI=1S/C17H29N3O2S/c1-16(2,3)13-9-14(20-15(19-13)17(4,5)6)18-10-12-7-8-23(21,22)11-12/h9,12H,7-8,10-11H2,1-6H3,(H,18,19,20). The van der Waals surface area contributed by atoms with Crippen LogP contribution in [-0.4, -0.2) is 36.4 Å². The van der Waals surface area contributed by atoms with E-state index in [0.29, 0.717) is 12.3 Å². The summed E-state index contributed by atoms with van der Waals surface area (Å²) in [5.74, 6) is 2.36. The van der Waals surface area contributed by atoms with Crippen molar-refractivity contribution in [2.24, 2.45) is 5.92 Å². The average Bonchev–Trinajstić information content (AvgIpc) is 2.74. The van der Waals surface area contributed by atoms with E-state index in [-0.39, 0.29) is 22.5 Å². The van der Waals surface area contributed by atoms with Crippen LogP contribution in [-0.2, 0) is 20.7 Å². The molecule has 2 heterocycles. The smallest absolute Gasteiger partial charge is 0.150 e. The normalized spacial score (nSPS) is 21.4. The third-order valence-electron chi connectivity index (χ3n) is 4.06. The maximum atomic E-state index is 11.6. The van der Waals surface area contributed by atoms with Crippen molar-refractivity contribution in [1.29, 1.82) is 0 Å². The van der Waals surface area contributed by atoms with E-state index in [4.69, 9.17) is 4.98 Å². The van der Waals surface area contributed by atoms with Crippen LogP contribution in [0.25, 0.3) is 0 Å². The van der Waals surface area contributed by atoms with Crippen LogP contribution in [0, 0.1) is 5.92 Å². The first-order chi connectivity index (χ1) is 10.4. The Balaban J connectivity index is 2.21. The Labute approximate surface area is 140 Å². The van der Waals surface area contributed by atoms with Crippen LogP contribution < -0.4 is 5.32 Å². The molecule has 2 rings (SSSR count). The lowest BCUT2D eigenvalue weighted by molar-refractivity contribution is 0.513. The van der Waals surface area contributed by atoms with Crippen LogP contribution in [0.5, 0.6) is 0 Å². The maximum Gasteiger partial charge on any atom is 0.150 e. The summed E-state index contributed by atoms with van der Waals surface area (Å²) in [5.41, 5.74) is 0.809. The SMILES string of the molecule is CC(C)(C)c1cc(NCC2CCS(=O)(=O)C2)nc(C(C)(C)C)n1. The zero-order valence-corrected chi connectivity index (χ0v) is 15.9. The molecule has 23 heavy (non-hydrogen) atoms. The second kappa shape index (κ2) is 6.04. The quantitative estimate of drug-likeness (QED) is 0.917. The highest BCUT2D eigenvalue weighted by Gasteiger charge is 2.28. The van der Waals surface area contributed by atoms with Gasteiger partial charge in [0.25, 0.3) is 0 Å². The van der Waals surface area contributed by atoms with E-state index >= 15 is 0 Å². The average molecular weight is 340 g/mol. The number of nitrogens with zero attached hydrogens (tertiary/aromatic N) is 2. The lowest BCUT2D eigenvalue weighted by Crippen LogP contribution is -2.24. The number of aromatic nitrogens is 2. The van der Waals surface area contributed by atoms with Gasteiger partial charge in [0.05, 0.1) is 17.2 Å². The Bertz CT molecular complexity index is 638. The third kappa shape index (κ3) is 4.90. The number of hydrogen-bond donors (Lipinski definition) is 1. The molecule has 1 saturated heterocycles. The van der Waals surface area contributed by atoms with Crippen LogP contribution >= 0.6 is 0 Å². The first kappa shape index (κ1) is 18.2. The Morgan fingerprint density at radius 1 is 1.13 bits per heavy atom. The summed E-state index contributed by atoms with van der Waals surface area (Å²) >= 11 is 0. The number of anilines is 1. The molecule has 1 N–H and O–H groups in total. The summed E-state index contributed by atoms with van der Waals surface area (Å²) in [6.45, 7) is 13.3. The van der Waals surface area contributed by atoms with Crippen molar-refractivity contribution in [3.8, 4) is 0 Å². The van der Waals surface area contributed by atoms with Crippen molar-refractivity contribution >= 4 is 15.7 Å². The van der Waals surface area contributed by atoms with Crippen LogP contribution in [0.1, 0.15) is 59.5 Å². The van der Waals surface area contributed by atoms with Gasteiger partial charge in [0.1, 0.15) is 11.6 Å². The number of nitrogens with one attached hydrogen (secondary N) is 1. The van der Waals surface area contributed by atoms with Gasteiger partial charge < -0.3 is 5.32 Å². The van der Waals surface area contributed by atoms with E-state index in [9.17, 15) is 8.42 Å². The van der Waals surface area contributed by atoms with Gasteiger partial charge >= 0.3 is 0 Å². The van der Waals surface area contributed by atoms with Gasteiger partial charge in [0.2, 0.25) is 0 Å². The molecule has 1 fully saturated rings. The second-order valence-corrected chi connectivity index (χ2v) is 10.8. The monoisotopic (exact) mass is 339 g/mol. The number of rotatable bonds is 3. The summed E-state index contributed by atoms with van der Waals surface area (Å²) in [7, 11) is -2.84. The Hall–Kier alpha value is -1.17. The maximum absolute atomic E-state index is 11.6. The molecule has 0 saturated carbocycles. The van der Waals surface area contributed by atoms with Crippen LogP contribution in [0.2, 0.25) is 0 Å². The van der Waals surface area contributed by atoms with E-state index in [1.165, 1.54) is 0 Å². The Kier molecular flexibility index (Phi) is 4.77. The highest BCUT2D eigenvalue weighted by molar-refractivity contribution is 7.91. The minimum absolute atomic E-state index is 0.0595. The molecule has 1 aliphatic heterocycles. The molecular weight excluding hydrogens is 310 g/mol. The van der Waals surface area contributed by atoms with Crippen molar-refractivity contribution in [2.75, 3.05) is 23.4 Å². The Morgan fingerprint density at radius 3 is 2.26 bits per heavy atom. The van der Waals surface area contributed by atoms with Gasteiger partial charge in [0, 0.05) is 23.4 Å². The summed E-state index contributed by atoms with van der Waals surface area (Å²) in [6.07, 6.45) is 0.735. The molecule has 1 aliphatic rings. The summed E-state index contributed by atoms with van der Waals surface area (Å²) in [5, 5.41) is 3.33. The van der Waals surface area contributed by atoms with Crippen molar-refractivity contribution < 1.29 is 8.42 Å². The first-order valence-corrected chi connectivity index (χ1v) is 10.0. The van der Waals surface area contributed by atoms with Gasteiger partial charge in [-0.1, -0.05) is 41.5 Å². The number of hydrogen-bond acceptors (Lipinski definition) is 5. The predicted octanol–water partition coefficient (Wildman–Crippen LogP) is 2.92. The molecular formula is C17H29N3O2S. The summed E-state index contributed by atoms with van der Waals surface area (Å²) < 4.78 is 23.1. The highest BCUT2D eigenvalue weighted by atomic mass is 32.2. The minimum Gasteiger partial charge on any atom is -0.370 e. The molecule has 6 heteroatoms. The molecule has 0 amide bonds.